The van der Waals surface area contributed by atoms with Crippen LogP contribution >= 0.6 is 24.8 Å². The van der Waals surface area contributed by atoms with E-state index < -0.39 is 12.6 Å². The van der Waals surface area contributed by atoms with Crippen LogP contribution in [0.3, 0.4) is 0 Å². The van der Waals surface area contributed by atoms with E-state index >= 15 is 0 Å². The van der Waals surface area contributed by atoms with Crippen molar-refractivity contribution in [3.8, 4) is 5.75 Å². The van der Waals surface area contributed by atoms with Gasteiger partial charge in [0.1, 0.15) is 5.75 Å². The molecule has 2 N–H and O–H groups in total. The molecule has 1 fully saturated rings. The van der Waals surface area contributed by atoms with E-state index in [-0.39, 0.29) is 43.0 Å². The largest absolute Gasteiger partial charge is 0.507 e. The molecule has 8 heteroatoms. The van der Waals surface area contributed by atoms with Gasteiger partial charge >= 0.3 is 6.18 Å². The van der Waals surface area contributed by atoms with Gasteiger partial charge in [-0.25, -0.2) is 0 Å². The van der Waals surface area contributed by atoms with Gasteiger partial charge in [0.15, 0.2) is 0 Å². The normalized spacial score (nSPS) is 16.6. The summed E-state index contributed by atoms with van der Waals surface area (Å²) in [6, 6.07) is 10.4. The highest BCUT2D eigenvalue weighted by Gasteiger charge is 2.32. The van der Waals surface area contributed by atoms with Gasteiger partial charge < -0.3 is 10.4 Å². The number of fused-ring (bicyclic) bond motifs is 1. The van der Waals surface area contributed by atoms with E-state index in [9.17, 15) is 18.3 Å². The van der Waals surface area contributed by atoms with Crippen LogP contribution < -0.4 is 5.32 Å². The van der Waals surface area contributed by atoms with Gasteiger partial charge in [-0.2, -0.15) is 13.2 Å². The second kappa shape index (κ2) is 9.65. The molecule has 2 aromatic rings. The zero-order valence-electron chi connectivity index (χ0n) is 14.1. The van der Waals surface area contributed by atoms with Crippen LogP contribution in [0.5, 0.6) is 5.75 Å². The first-order valence-corrected chi connectivity index (χ1v) is 8.18. The molecule has 1 aliphatic heterocycles. The molecule has 0 aromatic heterocycles. The predicted octanol–water partition coefficient (Wildman–Crippen LogP) is 4.68. The fraction of sp³-hybridized carbons (Fsp3) is 0.444. The Bertz CT molecular complexity index is 706. The lowest BCUT2D eigenvalue weighted by atomic mass is 9.93. The Kier molecular flexibility index (Phi) is 8.47. The average Bonchev–Trinajstić information content (AvgIpc) is 2.57. The third-order valence-electron chi connectivity index (χ3n) is 4.59. The average molecular weight is 411 g/mol. The number of phenols is 1. The Morgan fingerprint density at radius 1 is 1.00 bits per heavy atom. The summed E-state index contributed by atoms with van der Waals surface area (Å²) in [6.45, 7) is 2.99. The molecule has 26 heavy (non-hydrogen) atoms. The van der Waals surface area contributed by atoms with Gasteiger partial charge in [0.05, 0.1) is 0 Å². The van der Waals surface area contributed by atoms with Crippen LogP contribution in [-0.4, -0.2) is 42.4 Å². The number of alkyl halides is 3. The molecule has 3 nitrogen and oxygen atoms in total. The Morgan fingerprint density at radius 3 is 2.23 bits per heavy atom. The SMILES string of the molecule is Cl.Cl.Oc1ccc([C@H](CCC(F)(F)F)N2CCNCC2)c2ccccc12. The van der Waals surface area contributed by atoms with Crippen LogP contribution in [0.4, 0.5) is 13.2 Å². The maximum atomic E-state index is 12.8. The number of aromatic hydroxyl groups is 1. The van der Waals surface area contributed by atoms with Crippen molar-refractivity contribution in [2.24, 2.45) is 0 Å². The molecule has 0 radical (unpaired) electrons. The lowest BCUT2D eigenvalue weighted by Crippen LogP contribution is -2.45. The van der Waals surface area contributed by atoms with Crippen molar-refractivity contribution in [2.45, 2.75) is 25.1 Å². The standard InChI is InChI=1S/C18H21F3N2O.2ClH/c19-18(20,21)8-7-16(23-11-9-22-10-12-23)14-5-6-17(24)15-4-2-1-3-13(14)15;;/h1-6,16,22,24H,7-12H2;2*1H/t16-;;/m0../s1. The summed E-state index contributed by atoms with van der Waals surface area (Å²) in [7, 11) is 0. The van der Waals surface area contributed by atoms with Crippen molar-refractivity contribution in [2.75, 3.05) is 26.2 Å². The smallest absolute Gasteiger partial charge is 0.389 e. The highest BCUT2D eigenvalue weighted by atomic mass is 35.5. The minimum atomic E-state index is -4.17. The fourth-order valence-corrected chi connectivity index (χ4v) is 3.43. The Balaban J connectivity index is 0.00000169. The van der Waals surface area contributed by atoms with Crippen molar-refractivity contribution < 1.29 is 18.3 Å². The lowest BCUT2D eigenvalue weighted by Gasteiger charge is -2.36. The molecule has 0 unspecified atom stereocenters. The van der Waals surface area contributed by atoms with Gasteiger partial charge in [-0.15, -0.1) is 24.8 Å². The van der Waals surface area contributed by atoms with E-state index in [1.165, 1.54) is 0 Å². The summed E-state index contributed by atoms with van der Waals surface area (Å²) < 4.78 is 38.4. The minimum Gasteiger partial charge on any atom is -0.507 e. The minimum absolute atomic E-state index is 0. The van der Waals surface area contributed by atoms with Gasteiger partial charge in [-0.1, -0.05) is 30.3 Å². The van der Waals surface area contributed by atoms with Gasteiger partial charge in [0.25, 0.3) is 0 Å². The van der Waals surface area contributed by atoms with Crippen LogP contribution in [-0.2, 0) is 0 Å². The summed E-state index contributed by atoms with van der Waals surface area (Å²) in [5, 5.41) is 14.8. The molecule has 1 saturated heterocycles. The van der Waals surface area contributed by atoms with E-state index in [4.69, 9.17) is 0 Å². The quantitative estimate of drug-likeness (QED) is 0.767. The number of phenolic OH excluding ortho intramolecular Hbond substituents is 1. The summed E-state index contributed by atoms with van der Waals surface area (Å²) in [5.74, 6) is 0.157. The molecule has 1 atom stereocenters. The molecule has 3 rings (SSSR count). The van der Waals surface area contributed by atoms with E-state index in [0.29, 0.717) is 5.39 Å². The Hall–Kier alpha value is -1.21. The van der Waals surface area contributed by atoms with Crippen molar-refractivity contribution in [1.82, 2.24) is 10.2 Å². The fourth-order valence-electron chi connectivity index (χ4n) is 3.43. The van der Waals surface area contributed by atoms with E-state index in [2.05, 4.69) is 10.2 Å². The maximum Gasteiger partial charge on any atom is 0.389 e. The third kappa shape index (κ3) is 5.39. The summed E-state index contributed by atoms with van der Waals surface area (Å²) in [5.41, 5.74) is 0.856. The molecule has 146 valence electrons. The maximum absolute atomic E-state index is 12.8. The number of nitrogens with zero attached hydrogens (tertiary/aromatic N) is 1. The molecule has 0 spiro atoms. The number of halogens is 5. The summed E-state index contributed by atoms with van der Waals surface area (Å²) >= 11 is 0. The second-order valence-electron chi connectivity index (χ2n) is 6.18. The molecule has 0 saturated carbocycles. The van der Waals surface area contributed by atoms with Crippen molar-refractivity contribution in [1.29, 1.82) is 0 Å². The molecule has 1 aliphatic rings. The number of hydrogen-bond donors (Lipinski definition) is 2. The van der Waals surface area contributed by atoms with Crippen LogP contribution in [0, 0.1) is 0 Å². The highest BCUT2D eigenvalue weighted by Crippen LogP contribution is 2.37. The van der Waals surface area contributed by atoms with Gasteiger partial charge in [0.2, 0.25) is 0 Å². The Labute approximate surface area is 163 Å². The van der Waals surface area contributed by atoms with Gasteiger partial charge in [-0.3, -0.25) is 4.90 Å². The molecular formula is C18H23Cl2F3N2O. The van der Waals surface area contributed by atoms with Gasteiger partial charge in [0, 0.05) is 44.0 Å². The van der Waals surface area contributed by atoms with Crippen LogP contribution in [0.1, 0.15) is 24.4 Å². The summed E-state index contributed by atoms with van der Waals surface area (Å²) in [6.07, 6.45) is -4.95. The first-order valence-electron chi connectivity index (χ1n) is 8.18. The van der Waals surface area contributed by atoms with E-state index in [0.717, 1.165) is 37.1 Å². The zero-order chi connectivity index (χ0) is 17.2. The van der Waals surface area contributed by atoms with Gasteiger partial charge in [-0.05, 0) is 23.4 Å². The van der Waals surface area contributed by atoms with E-state index in [1.807, 2.05) is 18.2 Å². The number of piperazine rings is 1. The molecular weight excluding hydrogens is 388 g/mol. The molecule has 0 amide bonds. The van der Waals surface area contributed by atoms with Crippen LogP contribution in [0.25, 0.3) is 10.8 Å². The van der Waals surface area contributed by atoms with Crippen molar-refractivity contribution >= 4 is 35.6 Å². The van der Waals surface area contributed by atoms with Crippen molar-refractivity contribution in [3.63, 3.8) is 0 Å². The summed E-state index contributed by atoms with van der Waals surface area (Å²) in [4.78, 5) is 2.11. The number of benzene rings is 2. The topological polar surface area (TPSA) is 35.5 Å². The Morgan fingerprint density at radius 2 is 1.62 bits per heavy atom. The monoisotopic (exact) mass is 410 g/mol. The molecule has 1 heterocycles. The number of rotatable bonds is 4. The van der Waals surface area contributed by atoms with Crippen LogP contribution in [0.2, 0.25) is 0 Å². The second-order valence-corrected chi connectivity index (χ2v) is 6.18. The lowest BCUT2D eigenvalue weighted by molar-refractivity contribution is -0.138. The molecule has 0 bridgehead atoms. The predicted molar refractivity (Wildman–Crippen MR) is 103 cm³/mol. The van der Waals surface area contributed by atoms with E-state index in [1.54, 1.807) is 18.2 Å². The van der Waals surface area contributed by atoms with Crippen molar-refractivity contribution in [3.05, 3.63) is 42.0 Å². The zero-order valence-corrected chi connectivity index (χ0v) is 15.8. The third-order valence-corrected chi connectivity index (χ3v) is 4.59. The number of hydrogen-bond acceptors (Lipinski definition) is 3. The highest BCUT2D eigenvalue weighted by molar-refractivity contribution is 5.91. The number of nitrogens with one attached hydrogen (secondary N) is 1. The molecule has 0 aliphatic carbocycles. The first-order chi connectivity index (χ1) is 11.5. The molecule has 2 aromatic carbocycles. The first kappa shape index (κ1) is 22.8. The van der Waals surface area contributed by atoms with Crippen LogP contribution in [0.15, 0.2) is 36.4 Å².